The molecule has 2 nitrogen and oxygen atoms in total. The molecule has 0 bridgehead atoms. The lowest BCUT2D eigenvalue weighted by atomic mass is 9.96. The summed E-state index contributed by atoms with van der Waals surface area (Å²) in [5, 5.41) is 0. The Kier molecular flexibility index (Phi) is 8.73. The predicted octanol–water partition coefficient (Wildman–Crippen LogP) is 3.68. The van der Waals surface area contributed by atoms with E-state index in [0.29, 0.717) is 18.3 Å². The first-order chi connectivity index (χ1) is 7.58. The second-order valence-corrected chi connectivity index (χ2v) is 4.97. The highest BCUT2D eigenvalue weighted by Crippen LogP contribution is 2.18. The molecule has 0 heterocycles. The summed E-state index contributed by atoms with van der Waals surface area (Å²) in [6, 6.07) is 0.252. The predicted molar refractivity (Wildman–Crippen MR) is 70.9 cm³/mol. The minimum absolute atomic E-state index is 0.195. The number of rotatable bonds is 8. The Hall–Kier alpha value is -0.240. The maximum atomic E-state index is 12.3. The molecule has 0 rings (SSSR count). The van der Waals surface area contributed by atoms with E-state index in [4.69, 9.17) is 11.6 Å². The highest BCUT2D eigenvalue weighted by atomic mass is 35.5. The largest absolute Gasteiger partial charge is 0.339 e. The zero-order valence-electron chi connectivity index (χ0n) is 11.1. The minimum atomic E-state index is 0.195. The van der Waals surface area contributed by atoms with Crippen LogP contribution in [0.1, 0.15) is 53.4 Å². The average molecular weight is 248 g/mol. The molecule has 0 fully saturated rings. The first-order valence-electron chi connectivity index (χ1n) is 6.44. The van der Waals surface area contributed by atoms with Crippen LogP contribution in [0.25, 0.3) is 0 Å². The third kappa shape index (κ3) is 5.20. The fourth-order valence-electron chi connectivity index (χ4n) is 2.04. The molecule has 0 N–H and O–H groups in total. The van der Waals surface area contributed by atoms with Crippen LogP contribution in [0.2, 0.25) is 0 Å². The third-order valence-electron chi connectivity index (χ3n) is 2.86. The smallest absolute Gasteiger partial charge is 0.225 e. The van der Waals surface area contributed by atoms with Gasteiger partial charge < -0.3 is 4.90 Å². The van der Waals surface area contributed by atoms with E-state index in [-0.39, 0.29) is 12.0 Å². The van der Waals surface area contributed by atoms with Crippen LogP contribution < -0.4 is 0 Å². The maximum Gasteiger partial charge on any atom is 0.225 e. The summed E-state index contributed by atoms with van der Waals surface area (Å²) >= 11 is 5.75. The molecule has 0 aliphatic heterocycles. The van der Waals surface area contributed by atoms with Crippen molar-refractivity contribution in [3.05, 3.63) is 0 Å². The molecule has 0 spiro atoms. The van der Waals surface area contributed by atoms with Gasteiger partial charge in [-0.2, -0.15) is 0 Å². The van der Waals surface area contributed by atoms with Crippen LogP contribution in [0, 0.1) is 5.92 Å². The SMILES string of the molecule is CCCC(CCC)C(=O)N(CCCl)C(C)C. The number of alkyl halides is 1. The second kappa shape index (κ2) is 8.86. The van der Waals surface area contributed by atoms with E-state index in [9.17, 15) is 4.79 Å². The first kappa shape index (κ1) is 15.8. The Morgan fingerprint density at radius 3 is 2.00 bits per heavy atom. The van der Waals surface area contributed by atoms with Gasteiger partial charge in [0.25, 0.3) is 0 Å². The fourth-order valence-corrected chi connectivity index (χ4v) is 2.22. The van der Waals surface area contributed by atoms with Crippen molar-refractivity contribution in [3.63, 3.8) is 0 Å². The van der Waals surface area contributed by atoms with Crippen molar-refractivity contribution in [1.29, 1.82) is 0 Å². The van der Waals surface area contributed by atoms with Gasteiger partial charge in [-0.05, 0) is 26.7 Å². The van der Waals surface area contributed by atoms with Gasteiger partial charge in [0, 0.05) is 24.4 Å². The molecule has 0 aliphatic rings. The average Bonchev–Trinajstić information content (AvgIpc) is 2.24. The van der Waals surface area contributed by atoms with E-state index in [1.54, 1.807) is 0 Å². The highest BCUT2D eigenvalue weighted by molar-refractivity contribution is 6.18. The zero-order valence-corrected chi connectivity index (χ0v) is 11.9. The van der Waals surface area contributed by atoms with Crippen molar-refractivity contribution in [1.82, 2.24) is 4.90 Å². The number of halogens is 1. The quantitative estimate of drug-likeness (QED) is 0.600. The summed E-state index contributed by atoms with van der Waals surface area (Å²) in [6.45, 7) is 9.05. The Morgan fingerprint density at radius 1 is 1.19 bits per heavy atom. The van der Waals surface area contributed by atoms with Gasteiger partial charge in [-0.25, -0.2) is 0 Å². The van der Waals surface area contributed by atoms with E-state index in [1.807, 2.05) is 4.90 Å². The number of hydrogen-bond acceptors (Lipinski definition) is 1. The lowest BCUT2D eigenvalue weighted by Gasteiger charge is -2.30. The van der Waals surface area contributed by atoms with Gasteiger partial charge in [0.05, 0.1) is 0 Å². The van der Waals surface area contributed by atoms with E-state index in [1.165, 1.54) is 0 Å². The van der Waals surface area contributed by atoms with Crippen LogP contribution in [0.3, 0.4) is 0 Å². The lowest BCUT2D eigenvalue weighted by molar-refractivity contribution is -0.137. The van der Waals surface area contributed by atoms with Crippen LogP contribution in [-0.2, 0) is 4.79 Å². The van der Waals surface area contributed by atoms with Crippen molar-refractivity contribution < 1.29 is 4.79 Å². The van der Waals surface area contributed by atoms with Gasteiger partial charge in [0.2, 0.25) is 5.91 Å². The van der Waals surface area contributed by atoms with Crippen LogP contribution >= 0.6 is 11.6 Å². The number of nitrogens with zero attached hydrogens (tertiary/aromatic N) is 1. The van der Waals surface area contributed by atoms with Crippen LogP contribution in [0.15, 0.2) is 0 Å². The number of carbonyl (C=O) groups is 1. The number of amides is 1. The van der Waals surface area contributed by atoms with Gasteiger partial charge >= 0.3 is 0 Å². The summed E-state index contributed by atoms with van der Waals surface area (Å²) in [6.07, 6.45) is 4.14. The molecule has 3 heteroatoms. The Morgan fingerprint density at radius 2 is 1.69 bits per heavy atom. The Balaban J connectivity index is 4.51. The minimum Gasteiger partial charge on any atom is -0.339 e. The van der Waals surface area contributed by atoms with Crippen molar-refractivity contribution in [2.45, 2.75) is 59.4 Å². The summed E-state index contributed by atoms with van der Waals surface area (Å²) in [5.41, 5.74) is 0. The van der Waals surface area contributed by atoms with Gasteiger partial charge in [-0.15, -0.1) is 11.6 Å². The molecule has 1 amide bonds. The third-order valence-corrected chi connectivity index (χ3v) is 3.02. The summed E-state index contributed by atoms with van der Waals surface area (Å²) in [5.74, 6) is 1.01. The molecule has 96 valence electrons. The lowest BCUT2D eigenvalue weighted by Crippen LogP contribution is -2.42. The molecule has 0 unspecified atom stereocenters. The molecule has 0 aromatic rings. The monoisotopic (exact) mass is 247 g/mol. The van der Waals surface area contributed by atoms with Gasteiger partial charge in [0.1, 0.15) is 0 Å². The molecule has 0 radical (unpaired) electrons. The Labute approximate surface area is 105 Å². The van der Waals surface area contributed by atoms with Crippen molar-refractivity contribution in [2.75, 3.05) is 12.4 Å². The van der Waals surface area contributed by atoms with Crippen molar-refractivity contribution in [2.24, 2.45) is 5.92 Å². The molecule has 0 saturated heterocycles. The van der Waals surface area contributed by atoms with E-state index in [2.05, 4.69) is 27.7 Å². The summed E-state index contributed by atoms with van der Waals surface area (Å²) in [4.78, 5) is 14.2. The standard InChI is InChI=1S/C13H26ClNO/c1-5-7-12(8-6-2)13(16)15(10-9-14)11(3)4/h11-12H,5-10H2,1-4H3. The topological polar surface area (TPSA) is 20.3 Å². The Bertz CT molecular complexity index is 188. The number of carbonyl (C=O) groups excluding carboxylic acids is 1. The fraction of sp³-hybridized carbons (Fsp3) is 0.923. The van der Waals surface area contributed by atoms with Gasteiger partial charge in [-0.3, -0.25) is 4.79 Å². The van der Waals surface area contributed by atoms with Crippen molar-refractivity contribution in [3.8, 4) is 0 Å². The van der Waals surface area contributed by atoms with Crippen molar-refractivity contribution >= 4 is 17.5 Å². The second-order valence-electron chi connectivity index (χ2n) is 4.59. The molecule has 0 aromatic carbocycles. The zero-order chi connectivity index (χ0) is 12.6. The maximum absolute atomic E-state index is 12.3. The summed E-state index contributed by atoms with van der Waals surface area (Å²) in [7, 11) is 0. The van der Waals surface area contributed by atoms with Crippen LogP contribution in [-0.4, -0.2) is 29.3 Å². The molecule has 0 atom stereocenters. The van der Waals surface area contributed by atoms with E-state index in [0.717, 1.165) is 25.7 Å². The molecule has 0 aromatic heterocycles. The van der Waals surface area contributed by atoms with Gasteiger partial charge in [-0.1, -0.05) is 26.7 Å². The normalized spacial score (nSPS) is 11.2. The first-order valence-corrected chi connectivity index (χ1v) is 6.98. The summed E-state index contributed by atoms with van der Waals surface area (Å²) < 4.78 is 0. The molecular weight excluding hydrogens is 222 g/mol. The molecule has 0 saturated carbocycles. The van der Waals surface area contributed by atoms with E-state index >= 15 is 0 Å². The number of hydrogen-bond donors (Lipinski definition) is 0. The highest BCUT2D eigenvalue weighted by Gasteiger charge is 2.24. The molecule has 0 aliphatic carbocycles. The van der Waals surface area contributed by atoms with Crippen LogP contribution in [0.5, 0.6) is 0 Å². The van der Waals surface area contributed by atoms with Crippen LogP contribution in [0.4, 0.5) is 0 Å². The van der Waals surface area contributed by atoms with E-state index < -0.39 is 0 Å². The van der Waals surface area contributed by atoms with Gasteiger partial charge in [0.15, 0.2) is 0 Å². The molecule has 16 heavy (non-hydrogen) atoms. The molecular formula is C13H26ClNO.